The van der Waals surface area contributed by atoms with Crippen LogP contribution in [0.25, 0.3) is 0 Å². The van der Waals surface area contributed by atoms with E-state index in [4.69, 9.17) is 34.3 Å². The Morgan fingerprint density at radius 3 is 1.22 bits per heavy atom. The zero-order valence-corrected chi connectivity index (χ0v) is 33.2. The fourth-order valence-electron chi connectivity index (χ4n) is 3.97. The zero-order chi connectivity index (χ0) is 38.5. The second kappa shape index (κ2) is 23.1. The molecular weight excluding hydrogens is 676 g/mol. The van der Waals surface area contributed by atoms with Crippen molar-refractivity contribution in [2.75, 3.05) is 14.1 Å². The Kier molecular flexibility index (Phi) is 24.3. The van der Waals surface area contributed by atoms with Crippen LogP contribution in [0, 0.1) is 0 Å². The van der Waals surface area contributed by atoms with Gasteiger partial charge >= 0.3 is 43.4 Å². The first-order chi connectivity index (χ1) is 22.0. The van der Waals surface area contributed by atoms with E-state index in [1.807, 2.05) is 48.6 Å². The molecule has 3 aliphatic carbocycles. The Morgan fingerprint density at radius 1 is 0.608 bits per heavy atom. The molecule has 3 aliphatic rings. The first kappa shape index (κ1) is 53.6. The van der Waals surface area contributed by atoms with E-state index in [2.05, 4.69) is 15.4 Å². The summed E-state index contributed by atoms with van der Waals surface area (Å²) < 4.78 is 24.0. The minimum atomic E-state index is -1.06. The van der Waals surface area contributed by atoms with Crippen LogP contribution in [-0.4, -0.2) is 135 Å². The monoisotopic (exact) mass is 745 g/mol. The fraction of sp³-hybridized carbons (Fsp3) is 0.882. The van der Waals surface area contributed by atoms with Crippen LogP contribution in [0.3, 0.4) is 0 Å². The number of carbonyl (C=O) groups excluding carboxylic acids is 4. The van der Waals surface area contributed by atoms with E-state index in [0.717, 1.165) is 12.8 Å². The van der Waals surface area contributed by atoms with Crippen LogP contribution in [-0.2, 0) is 23.7 Å². The van der Waals surface area contributed by atoms with Crippen molar-refractivity contribution >= 4 is 41.9 Å². The Bertz CT molecular complexity index is 1020. The largest absolute Gasteiger partial charge is 1.00 e. The van der Waals surface area contributed by atoms with Crippen LogP contribution < -0.4 is 29.5 Å². The summed E-state index contributed by atoms with van der Waals surface area (Å²) in [6, 6.07) is 0.819. The minimum absolute atomic E-state index is 0. The van der Waals surface area contributed by atoms with Crippen LogP contribution in [0.5, 0.6) is 0 Å². The fourth-order valence-corrected chi connectivity index (χ4v) is 3.97. The quantitative estimate of drug-likeness (QED) is 0.118. The van der Waals surface area contributed by atoms with Crippen LogP contribution >= 0.6 is 0 Å². The molecule has 17 heteroatoms. The predicted octanol–water partition coefficient (Wildman–Crippen LogP) is 0.946. The summed E-state index contributed by atoms with van der Waals surface area (Å²) >= 11 is 0. The number of nitrogens with zero attached hydrogens (tertiary/aromatic N) is 1. The van der Waals surface area contributed by atoms with Crippen LogP contribution in [0.1, 0.15) is 123 Å². The number of amides is 2. The number of aliphatic hydroxyl groups excluding tert-OH is 3. The van der Waals surface area contributed by atoms with E-state index in [0.29, 0.717) is 31.7 Å². The maximum atomic E-state index is 11.5. The molecule has 5 N–H and O–H groups in total. The second-order valence-electron chi connectivity index (χ2n) is 16.5. The molecule has 0 spiro atoms. The summed E-state index contributed by atoms with van der Waals surface area (Å²) in [5.41, 5.74) is -2.29. The van der Waals surface area contributed by atoms with Gasteiger partial charge in [-0.3, -0.25) is 0 Å². The average molecular weight is 746 g/mol. The number of ether oxygens (including phenoxy) is 5. The smallest absolute Gasteiger partial charge is 1.00 e. The van der Waals surface area contributed by atoms with E-state index in [1.165, 1.54) is 0 Å². The van der Waals surface area contributed by atoms with E-state index in [9.17, 15) is 19.2 Å². The zero-order valence-electron chi connectivity index (χ0n) is 34.2. The standard InChI is InChI=1S/C10H19NO3.C10H18O5.C9H17NO3.C5H11NO.Al.Li.4H/c1-10(2,3)14-9(13)11(4)7-5-8(12)6-7;1-9(2,3)14-7(11)13-8(12)15-10(4,5)6;1-9(2,3)13-8(12)10-6-4-7(11)5-6;1-6-4-2-5(7)3-4;;;;;;/h7-8,12H,5-6H2,1-4H3;1-6H3;6-7,11H,4-5H2,1-3H3,(H,10,12);4-7H,2-3H2,1H3;;;;;;/q;;;;;+1;;;;-1. The van der Waals surface area contributed by atoms with Crippen molar-refractivity contribution in [3.8, 4) is 0 Å². The maximum absolute atomic E-state index is 11.5. The van der Waals surface area contributed by atoms with Crippen molar-refractivity contribution in [2.24, 2.45) is 0 Å². The van der Waals surface area contributed by atoms with Gasteiger partial charge in [-0.05, 0) is 129 Å². The molecule has 3 rings (SSSR count). The Morgan fingerprint density at radius 2 is 0.941 bits per heavy atom. The number of hydrogen-bond acceptors (Lipinski definition) is 13. The molecule has 0 atom stereocenters. The van der Waals surface area contributed by atoms with Gasteiger partial charge in [0.05, 0.1) is 18.3 Å². The molecule has 0 aliphatic heterocycles. The molecule has 2 amide bonds. The summed E-state index contributed by atoms with van der Waals surface area (Å²) in [5.74, 6) is 0. The Balaban J connectivity index is -0.000000297. The number of hydrogen-bond donors (Lipinski definition) is 5. The molecule has 0 radical (unpaired) electrons. The minimum Gasteiger partial charge on any atom is -1.00 e. The third-order valence-corrected chi connectivity index (χ3v) is 6.62. The van der Waals surface area contributed by atoms with Crippen molar-refractivity contribution in [2.45, 2.75) is 180 Å². The van der Waals surface area contributed by atoms with Gasteiger partial charge in [-0.2, -0.15) is 0 Å². The molecule has 3 fully saturated rings. The van der Waals surface area contributed by atoms with Gasteiger partial charge in [-0.1, -0.05) is 0 Å². The summed E-state index contributed by atoms with van der Waals surface area (Å²) in [6.45, 7) is 21.0. The molecule has 0 heterocycles. The normalized spacial score (nSPS) is 23.4. The number of nitrogens with one attached hydrogen (secondary N) is 2. The van der Waals surface area contributed by atoms with Crippen LogP contribution in [0.15, 0.2) is 0 Å². The summed E-state index contributed by atoms with van der Waals surface area (Å²) in [7, 11) is 3.64. The van der Waals surface area contributed by atoms with E-state index in [-0.39, 0.29) is 74.1 Å². The molecule has 3 saturated carbocycles. The predicted molar refractivity (Wildman–Crippen MR) is 194 cm³/mol. The van der Waals surface area contributed by atoms with Gasteiger partial charge in [-0.25, -0.2) is 19.2 Å². The first-order valence-corrected chi connectivity index (χ1v) is 16.8. The molecule has 0 aromatic rings. The van der Waals surface area contributed by atoms with Crippen molar-refractivity contribution in [1.29, 1.82) is 0 Å². The van der Waals surface area contributed by atoms with Crippen molar-refractivity contribution < 1.29 is 78.5 Å². The Labute approximate surface area is 329 Å². The maximum Gasteiger partial charge on any atom is 1.00 e. The molecule has 51 heavy (non-hydrogen) atoms. The number of rotatable bonds is 3. The van der Waals surface area contributed by atoms with Gasteiger partial charge in [0.2, 0.25) is 0 Å². The number of carbonyl (C=O) groups is 4. The van der Waals surface area contributed by atoms with Crippen LogP contribution in [0.2, 0.25) is 0 Å². The van der Waals surface area contributed by atoms with Crippen molar-refractivity contribution in [3.63, 3.8) is 0 Å². The second-order valence-corrected chi connectivity index (χ2v) is 16.5. The molecule has 296 valence electrons. The van der Waals surface area contributed by atoms with Crippen molar-refractivity contribution in [3.05, 3.63) is 0 Å². The number of aliphatic hydroxyl groups is 3. The van der Waals surface area contributed by atoms with Gasteiger partial charge in [0.25, 0.3) is 0 Å². The van der Waals surface area contributed by atoms with Gasteiger partial charge in [-0.15, -0.1) is 0 Å². The third kappa shape index (κ3) is 28.4. The molecule has 0 unspecified atom stereocenters. The molecular formula is C34H69AlLiN3O12. The van der Waals surface area contributed by atoms with Gasteiger partial charge in [0, 0.05) is 25.2 Å². The number of alkyl carbamates (subject to hydrolysis) is 1. The Hall–Kier alpha value is -1.75. The summed E-state index contributed by atoms with van der Waals surface area (Å²) in [6.07, 6.45) is 1.14. The topological polar surface area (TPSA) is 202 Å². The first-order valence-electron chi connectivity index (χ1n) is 16.8. The molecule has 0 saturated heterocycles. The molecule has 0 aromatic heterocycles. The van der Waals surface area contributed by atoms with E-state index < -0.39 is 40.8 Å². The molecule has 0 bridgehead atoms. The summed E-state index contributed by atoms with van der Waals surface area (Å²) in [4.78, 5) is 46.3. The van der Waals surface area contributed by atoms with Crippen molar-refractivity contribution in [1.82, 2.24) is 15.5 Å². The van der Waals surface area contributed by atoms with Gasteiger partial charge in [0.15, 0.2) is 17.4 Å². The van der Waals surface area contributed by atoms with Gasteiger partial charge < -0.3 is 56.0 Å². The summed E-state index contributed by atoms with van der Waals surface area (Å²) in [5, 5.41) is 32.5. The third-order valence-electron chi connectivity index (χ3n) is 6.62. The average Bonchev–Trinajstić information content (AvgIpc) is 2.80. The van der Waals surface area contributed by atoms with E-state index >= 15 is 0 Å². The van der Waals surface area contributed by atoms with Gasteiger partial charge in [0.1, 0.15) is 22.4 Å². The molecule has 0 aromatic carbocycles. The SMILES string of the molecule is CC(C)(C)OC(=O)NC1CC(O)C1.CC(C)(C)OC(=O)OC(=O)OC(C)(C)C.CN(C(=O)OC(C)(C)C)C1CC(O)C1.CNC1CC(O)C1.[AlH3].[H-].[Li+]. The van der Waals surface area contributed by atoms with E-state index in [1.54, 1.807) is 53.5 Å². The molecule has 15 nitrogen and oxygen atoms in total. The van der Waals surface area contributed by atoms with Crippen LogP contribution in [0.4, 0.5) is 19.2 Å².